The Morgan fingerprint density at radius 1 is 1.17 bits per heavy atom. The molecule has 0 spiro atoms. The van der Waals surface area contributed by atoms with E-state index in [-0.39, 0.29) is 11.8 Å². The third kappa shape index (κ3) is 4.91. The summed E-state index contributed by atoms with van der Waals surface area (Å²) in [7, 11) is 0. The van der Waals surface area contributed by atoms with Crippen LogP contribution in [0.1, 0.15) is 37.7 Å². The summed E-state index contributed by atoms with van der Waals surface area (Å²) in [6, 6.07) is 1.69. The van der Waals surface area contributed by atoms with E-state index in [2.05, 4.69) is 29.1 Å². The van der Waals surface area contributed by atoms with E-state index in [1.807, 2.05) is 0 Å². The molecule has 1 aromatic heterocycles. The second-order valence-corrected chi connectivity index (χ2v) is 6.20. The van der Waals surface area contributed by atoms with Gasteiger partial charge in [0.15, 0.2) is 0 Å². The summed E-state index contributed by atoms with van der Waals surface area (Å²) < 4.78 is 0. The van der Waals surface area contributed by atoms with E-state index in [4.69, 9.17) is 0 Å². The molecule has 1 aliphatic rings. The van der Waals surface area contributed by atoms with Gasteiger partial charge in [-0.05, 0) is 12.3 Å². The lowest BCUT2D eigenvalue weighted by molar-refractivity contribution is -0.130. The van der Waals surface area contributed by atoms with Crippen molar-refractivity contribution in [2.75, 3.05) is 38.0 Å². The fourth-order valence-electron chi connectivity index (χ4n) is 2.45. The number of aromatic nitrogens is 2. The van der Waals surface area contributed by atoms with E-state index in [0.29, 0.717) is 43.6 Å². The number of piperazine rings is 1. The van der Waals surface area contributed by atoms with Crippen molar-refractivity contribution >= 4 is 17.6 Å². The van der Waals surface area contributed by atoms with Gasteiger partial charge in [0.1, 0.15) is 17.8 Å². The number of rotatable bonds is 5. The zero-order valence-corrected chi connectivity index (χ0v) is 14.1. The smallest absolute Gasteiger partial charge is 0.272 e. The summed E-state index contributed by atoms with van der Waals surface area (Å²) in [5.74, 6) is 1.23. The van der Waals surface area contributed by atoms with Gasteiger partial charge in [-0.15, -0.1) is 0 Å². The van der Waals surface area contributed by atoms with Gasteiger partial charge in [0.05, 0.1) is 0 Å². The third-order valence-electron chi connectivity index (χ3n) is 3.93. The minimum absolute atomic E-state index is 0.0516. The van der Waals surface area contributed by atoms with Gasteiger partial charge in [-0.2, -0.15) is 0 Å². The summed E-state index contributed by atoms with van der Waals surface area (Å²) in [4.78, 5) is 35.6. The number of nitrogens with one attached hydrogen (secondary N) is 1. The van der Waals surface area contributed by atoms with Crippen LogP contribution in [0.3, 0.4) is 0 Å². The summed E-state index contributed by atoms with van der Waals surface area (Å²) in [6.07, 6.45) is 2.46. The standard InChI is InChI=1S/C16H25N5O2/c1-12(2)4-5-17-15-10-14(18-11-19-15)16(23)21-8-6-20(7-9-21)13(3)22/h10-12H,4-9H2,1-3H3,(H,17,18,19). The highest BCUT2D eigenvalue weighted by Crippen LogP contribution is 2.10. The zero-order valence-electron chi connectivity index (χ0n) is 14.1. The second kappa shape index (κ2) is 7.89. The molecule has 1 saturated heterocycles. The first-order valence-corrected chi connectivity index (χ1v) is 8.08. The molecule has 23 heavy (non-hydrogen) atoms. The van der Waals surface area contributed by atoms with Gasteiger partial charge < -0.3 is 15.1 Å². The Balaban J connectivity index is 1.93. The fraction of sp³-hybridized carbons (Fsp3) is 0.625. The highest BCUT2D eigenvalue weighted by Gasteiger charge is 2.24. The van der Waals surface area contributed by atoms with Crippen LogP contribution in [0, 0.1) is 5.92 Å². The average molecular weight is 319 g/mol. The van der Waals surface area contributed by atoms with Gasteiger partial charge in [0.25, 0.3) is 5.91 Å². The van der Waals surface area contributed by atoms with Gasteiger partial charge >= 0.3 is 0 Å². The molecule has 7 nitrogen and oxygen atoms in total. The lowest BCUT2D eigenvalue weighted by Gasteiger charge is -2.34. The normalized spacial score (nSPS) is 15.0. The monoisotopic (exact) mass is 319 g/mol. The molecule has 126 valence electrons. The zero-order chi connectivity index (χ0) is 16.8. The molecular formula is C16H25N5O2. The van der Waals surface area contributed by atoms with E-state index in [1.165, 1.54) is 6.33 Å². The van der Waals surface area contributed by atoms with Crippen molar-refractivity contribution in [2.24, 2.45) is 5.92 Å². The van der Waals surface area contributed by atoms with E-state index >= 15 is 0 Å². The molecule has 1 aliphatic heterocycles. The molecule has 7 heteroatoms. The molecule has 2 rings (SSSR count). The average Bonchev–Trinajstić information content (AvgIpc) is 2.54. The molecule has 1 N–H and O–H groups in total. The quantitative estimate of drug-likeness (QED) is 0.883. The maximum absolute atomic E-state index is 12.5. The predicted octanol–water partition coefficient (Wildman–Crippen LogP) is 1.24. The van der Waals surface area contributed by atoms with Gasteiger partial charge in [-0.1, -0.05) is 13.8 Å². The number of nitrogens with zero attached hydrogens (tertiary/aromatic N) is 4. The molecular weight excluding hydrogens is 294 g/mol. The lowest BCUT2D eigenvalue weighted by atomic mass is 10.1. The first kappa shape index (κ1) is 17.2. The first-order valence-electron chi connectivity index (χ1n) is 8.08. The van der Waals surface area contributed by atoms with E-state index in [1.54, 1.807) is 22.8 Å². The van der Waals surface area contributed by atoms with Gasteiger partial charge in [0, 0.05) is 45.7 Å². The largest absolute Gasteiger partial charge is 0.370 e. The number of carbonyl (C=O) groups excluding carboxylic acids is 2. The molecule has 0 atom stereocenters. The van der Waals surface area contributed by atoms with Crippen LogP contribution in [-0.2, 0) is 4.79 Å². The van der Waals surface area contributed by atoms with Crippen LogP contribution in [0.15, 0.2) is 12.4 Å². The highest BCUT2D eigenvalue weighted by atomic mass is 16.2. The Bertz CT molecular complexity index is 553. The van der Waals surface area contributed by atoms with Crippen molar-refractivity contribution < 1.29 is 9.59 Å². The van der Waals surface area contributed by atoms with Crippen LogP contribution in [0.5, 0.6) is 0 Å². The number of carbonyl (C=O) groups is 2. The molecule has 2 heterocycles. The fourth-order valence-corrected chi connectivity index (χ4v) is 2.45. The Morgan fingerprint density at radius 3 is 2.43 bits per heavy atom. The molecule has 2 amide bonds. The Labute approximate surface area is 137 Å². The van der Waals surface area contributed by atoms with Crippen molar-refractivity contribution in [1.29, 1.82) is 0 Å². The van der Waals surface area contributed by atoms with Crippen LogP contribution in [0.4, 0.5) is 5.82 Å². The number of amides is 2. The second-order valence-electron chi connectivity index (χ2n) is 6.20. The van der Waals surface area contributed by atoms with E-state index in [9.17, 15) is 9.59 Å². The van der Waals surface area contributed by atoms with E-state index < -0.39 is 0 Å². The maximum atomic E-state index is 12.5. The maximum Gasteiger partial charge on any atom is 0.272 e. The molecule has 0 saturated carbocycles. The minimum Gasteiger partial charge on any atom is -0.370 e. The molecule has 1 fully saturated rings. The number of hydrogen-bond donors (Lipinski definition) is 1. The number of anilines is 1. The van der Waals surface area contributed by atoms with Gasteiger partial charge in [0.2, 0.25) is 5.91 Å². The minimum atomic E-state index is -0.109. The lowest BCUT2D eigenvalue weighted by Crippen LogP contribution is -2.50. The summed E-state index contributed by atoms with van der Waals surface area (Å²) >= 11 is 0. The van der Waals surface area contributed by atoms with Crippen molar-refractivity contribution in [2.45, 2.75) is 27.2 Å². The Hall–Kier alpha value is -2.18. The Kier molecular flexibility index (Phi) is 5.90. The van der Waals surface area contributed by atoms with Crippen molar-refractivity contribution in [3.8, 4) is 0 Å². The molecule has 0 bridgehead atoms. The Morgan fingerprint density at radius 2 is 1.83 bits per heavy atom. The molecule has 1 aromatic rings. The van der Waals surface area contributed by atoms with Crippen LogP contribution in [-0.4, -0.2) is 64.3 Å². The summed E-state index contributed by atoms with van der Waals surface area (Å²) in [5, 5.41) is 3.22. The summed E-state index contributed by atoms with van der Waals surface area (Å²) in [6.45, 7) is 8.93. The highest BCUT2D eigenvalue weighted by molar-refractivity contribution is 5.93. The molecule has 0 aromatic carbocycles. The summed E-state index contributed by atoms with van der Waals surface area (Å²) in [5.41, 5.74) is 0.392. The van der Waals surface area contributed by atoms with Gasteiger partial charge in [-0.25, -0.2) is 9.97 Å². The molecule has 0 radical (unpaired) electrons. The third-order valence-corrected chi connectivity index (χ3v) is 3.93. The van der Waals surface area contributed by atoms with Crippen LogP contribution in [0.2, 0.25) is 0 Å². The van der Waals surface area contributed by atoms with Crippen LogP contribution in [0.25, 0.3) is 0 Å². The molecule has 0 unspecified atom stereocenters. The number of hydrogen-bond acceptors (Lipinski definition) is 5. The van der Waals surface area contributed by atoms with Crippen molar-refractivity contribution in [3.05, 3.63) is 18.1 Å². The predicted molar refractivity (Wildman–Crippen MR) is 88.1 cm³/mol. The SMILES string of the molecule is CC(=O)N1CCN(C(=O)c2cc(NCCC(C)C)ncn2)CC1. The van der Waals surface area contributed by atoms with E-state index in [0.717, 1.165) is 13.0 Å². The van der Waals surface area contributed by atoms with Crippen LogP contribution < -0.4 is 5.32 Å². The topological polar surface area (TPSA) is 78.4 Å². The van der Waals surface area contributed by atoms with Crippen molar-refractivity contribution in [1.82, 2.24) is 19.8 Å². The van der Waals surface area contributed by atoms with Crippen molar-refractivity contribution in [3.63, 3.8) is 0 Å². The molecule has 0 aliphatic carbocycles. The first-order chi connectivity index (χ1) is 11.0. The van der Waals surface area contributed by atoms with Crippen LogP contribution >= 0.6 is 0 Å². The van der Waals surface area contributed by atoms with Gasteiger partial charge in [-0.3, -0.25) is 9.59 Å².